The number of hydrogen-bond donors (Lipinski definition) is 1. The molecule has 0 bridgehead atoms. The zero-order valence-electron chi connectivity index (χ0n) is 8.72. The van der Waals surface area contributed by atoms with Crippen LogP contribution in [0.15, 0.2) is 6.20 Å². The number of nitrogens with zero attached hydrogens (tertiary/aromatic N) is 3. The first-order valence-corrected chi connectivity index (χ1v) is 5.22. The third-order valence-electron chi connectivity index (χ3n) is 3.19. The lowest BCUT2D eigenvalue weighted by molar-refractivity contribution is 0.135. The predicted octanol–water partition coefficient (Wildman–Crippen LogP) is 1.38. The molecule has 1 aromatic rings. The molecule has 0 spiro atoms. The summed E-state index contributed by atoms with van der Waals surface area (Å²) in [5.41, 5.74) is 0.665. The van der Waals surface area contributed by atoms with Gasteiger partial charge in [-0.15, -0.1) is 5.10 Å². The number of hydrogen-bond acceptors (Lipinski definition) is 3. The van der Waals surface area contributed by atoms with Crippen molar-refractivity contribution in [1.29, 1.82) is 0 Å². The predicted molar refractivity (Wildman–Crippen MR) is 52.5 cm³/mol. The molecular formula is C10H17N3O. The van der Waals surface area contributed by atoms with Gasteiger partial charge in [0, 0.05) is 0 Å². The Morgan fingerprint density at radius 1 is 1.57 bits per heavy atom. The second-order valence-electron chi connectivity index (χ2n) is 4.48. The molecule has 0 radical (unpaired) electrons. The maximum Gasteiger partial charge on any atom is 0.108 e. The van der Waals surface area contributed by atoms with Crippen LogP contribution in [0.3, 0.4) is 0 Å². The van der Waals surface area contributed by atoms with E-state index < -0.39 is 0 Å². The Bertz CT molecular complexity index is 302. The van der Waals surface area contributed by atoms with E-state index in [2.05, 4.69) is 24.2 Å². The molecule has 1 heterocycles. The summed E-state index contributed by atoms with van der Waals surface area (Å²) < 4.78 is 1.89. The van der Waals surface area contributed by atoms with E-state index in [4.69, 9.17) is 5.11 Å². The topological polar surface area (TPSA) is 50.9 Å². The van der Waals surface area contributed by atoms with E-state index >= 15 is 0 Å². The molecule has 2 rings (SSSR count). The van der Waals surface area contributed by atoms with Crippen molar-refractivity contribution < 1.29 is 5.11 Å². The van der Waals surface area contributed by atoms with Crippen molar-refractivity contribution in [2.45, 2.75) is 39.3 Å². The summed E-state index contributed by atoms with van der Waals surface area (Å²) in [6, 6.07) is 0.509. The monoisotopic (exact) mass is 195 g/mol. The number of aliphatic hydroxyl groups excluding tert-OH is 1. The van der Waals surface area contributed by atoms with Crippen LogP contribution in [0, 0.1) is 11.8 Å². The molecule has 1 aliphatic carbocycles. The number of rotatable bonds is 3. The highest BCUT2D eigenvalue weighted by atomic mass is 16.3. The molecule has 1 fully saturated rings. The minimum atomic E-state index is -0.0136. The third-order valence-corrected chi connectivity index (χ3v) is 3.19. The molecule has 4 heteroatoms. The van der Waals surface area contributed by atoms with E-state index in [1.807, 2.05) is 10.9 Å². The highest BCUT2D eigenvalue weighted by Crippen LogP contribution is 2.41. The van der Waals surface area contributed by atoms with E-state index in [1.54, 1.807) is 0 Å². The average Bonchev–Trinajstić information content (AvgIpc) is 2.49. The summed E-state index contributed by atoms with van der Waals surface area (Å²) >= 11 is 0. The first kappa shape index (κ1) is 9.65. The van der Waals surface area contributed by atoms with Gasteiger partial charge in [-0.05, 0) is 24.7 Å². The van der Waals surface area contributed by atoms with Crippen LogP contribution >= 0.6 is 0 Å². The fourth-order valence-corrected chi connectivity index (χ4v) is 1.95. The van der Waals surface area contributed by atoms with Crippen LogP contribution in [-0.4, -0.2) is 20.1 Å². The SMILES string of the molecule is CC(C)C1CC(n2cc(CO)nn2)C1. The Balaban J connectivity index is 1.93. The maximum absolute atomic E-state index is 8.85. The molecule has 1 aromatic heterocycles. The van der Waals surface area contributed by atoms with E-state index in [9.17, 15) is 0 Å². The van der Waals surface area contributed by atoms with Gasteiger partial charge in [-0.25, -0.2) is 4.68 Å². The summed E-state index contributed by atoms with van der Waals surface area (Å²) in [7, 11) is 0. The van der Waals surface area contributed by atoms with Crippen LogP contribution in [0.2, 0.25) is 0 Å². The second kappa shape index (κ2) is 3.69. The van der Waals surface area contributed by atoms with Gasteiger partial charge < -0.3 is 5.11 Å². The quantitative estimate of drug-likeness (QED) is 0.792. The molecule has 78 valence electrons. The molecule has 14 heavy (non-hydrogen) atoms. The molecule has 1 saturated carbocycles. The van der Waals surface area contributed by atoms with Gasteiger partial charge in [-0.3, -0.25) is 0 Å². The molecule has 1 N–H and O–H groups in total. The van der Waals surface area contributed by atoms with Gasteiger partial charge in [-0.2, -0.15) is 0 Å². The third kappa shape index (κ3) is 1.66. The van der Waals surface area contributed by atoms with Gasteiger partial charge in [0.25, 0.3) is 0 Å². The van der Waals surface area contributed by atoms with Gasteiger partial charge in [0.2, 0.25) is 0 Å². The molecule has 1 aliphatic rings. The largest absolute Gasteiger partial charge is 0.390 e. The maximum atomic E-state index is 8.85. The lowest BCUT2D eigenvalue weighted by atomic mass is 9.74. The average molecular weight is 195 g/mol. The molecule has 0 saturated heterocycles. The summed E-state index contributed by atoms with van der Waals surface area (Å²) in [6.07, 6.45) is 4.25. The Morgan fingerprint density at radius 3 is 2.79 bits per heavy atom. The van der Waals surface area contributed by atoms with Crippen LogP contribution in [0.25, 0.3) is 0 Å². The van der Waals surface area contributed by atoms with E-state index in [0.29, 0.717) is 11.7 Å². The fraction of sp³-hybridized carbons (Fsp3) is 0.800. The van der Waals surface area contributed by atoms with Crippen molar-refractivity contribution >= 4 is 0 Å². The van der Waals surface area contributed by atoms with Crippen molar-refractivity contribution in [2.24, 2.45) is 11.8 Å². The zero-order chi connectivity index (χ0) is 10.1. The highest BCUT2D eigenvalue weighted by molar-refractivity contribution is 4.94. The zero-order valence-corrected chi connectivity index (χ0v) is 8.72. The standard InChI is InChI=1S/C10H17N3O/c1-7(2)8-3-10(4-8)13-5-9(6-14)11-12-13/h5,7-8,10,14H,3-4,6H2,1-2H3. The normalized spacial score (nSPS) is 26.6. The first-order chi connectivity index (χ1) is 6.70. The van der Waals surface area contributed by atoms with Crippen LogP contribution in [0.1, 0.15) is 38.4 Å². The Morgan fingerprint density at radius 2 is 2.29 bits per heavy atom. The molecular weight excluding hydrogens is 178 g/mol. The van der Waals surface area contributed by atoms with Gasteiger partial charge in [0.05, 0.1) is 18.8 Å². The minimum absolute atomic E-state index is 0.0136. The van der Waals surface area contributed by atoms with Crippen LogP contribution in [0.4, 0.5) is 0 Å². The minimum Gasteiger partial charge on any atom is -0.390 e. The van der Waals surface area contributed by atoms with E-state index in [1.165, 1.54) is 12.8 Å². The number of aliphatic hydroxyl groups is 1. The Labute approximate surface area is 83.9 Å². The second-order valence-corrected chi connectivity index (χ2v) is 4.48. The van der Waals surface area contributed by atoms with Crippen molar-refractivity contribution in [3.63, 3.8) is 0 Å². The van der Waals surface area contributed by atoms with Crippen LogP contribution < -0.4 is 0 Å². The number of aromatic nitrogens is 3. The highest BCUT2D eigenvalue weighted by Gasteiger charge is 2.32. The molecule has 0 amide bonds. The van der Waals surface area contributed by atoms with Crippen molar-refractivity contribution in [3.05, 3.63) is 11.9 Å². The van der Waals surface area contributed by atoms with Gasteiger partial charge >= 0.3 is 0 Å². The van der Waals surface area contributed by atoms with E-state index in [-0.39, 0.29) is 6.61 Å². The fourth-order valence-electron chi connectivity index (χ4n) is 1.95. The molecule has 0 unspecified atom stereocenters. The molecule has 0 atom stereocenters. The lowest BCUT2D eigenvalue weighted by Gasteiger charge is -2.37. The smallest absolute Gasteiger partial charge is 0.108 e. The molecule has 4 nitrogen and oxygen atoms in total. The van der Waals surface area contributed by atoms with E-state index in [0.717, 1.165) is 11.8 Å². The van der Waals surface area contributed by atoms with Crippen molar-refractivity contribution in [1.82, 2.24) is 15.0 Å². The van der Waals surface area contributed by atoms with Gasteiger partial charge in [-0.1, -0.05) is 19.1 Å². The lowest BCUT2D eigenvalue weighted by Crippen LogP contribution is -2.30. The van der Waals surface area contributed by atoms with Crippen molar-refractivity contribution in [3.8, 4) is 0 Å². The van der Waals surface area contributed by atoms with Crippen molar-refractivity contribution in [2.75, 3.05) is 0 Å². The Hall–Kier alpha value is -0.900. The van der Waals surface area contributed by atoms with Crippen LogP contribution in [0.5, 0.6) is 0 Å². The molecule has 0 aliphatic heterocycles. The summed E-state index contributed by atoms with van der Waals surface area (Å²) in [5, 5.41) is 16.7. The summed E-state index contributed by atoms with van der Waals surface area (Å²) in [5.74, 6) is 1.61. The van der Waals surface area contributed by atoms with Crippen LogP contribution in [-0.2, 0) is 6.61 Å². The summed E-state index contributed by atoms with van der Waals surface area (Å²) in [4.78, 5) is 0. The molecule has 0 aromatic carbocycles. The van der Waals surface area contributed by atoms with Gasteiger partial charge in [0.1, 0.15) is 5.69 Å². The van der Waals surface area contributed by atoms with Gasteiger partial charge in [0.15, 0.2) is 0 Å². The Kier molecular flexibility index (Phi) is 2.54. The first-order valence-electron chi connectivity index (χ1n) is 5.22. The summed E-state index contributed by atoms with van der Waals surface area (Å²) in [6.45, 7) is 4.52.